The molecule has 0 aromatic heterocycles. The molecule has 0 radical (unpaired) electrons. The van der Waals surface area contributed by atoms with E-state index in [0.717, 1.165) is 5.56 Å². The van der Waals surface area contributed by atoms with Crippen LogP contribution in [0.15, 0.2) is 53.0 Å². The molecule has 2 rings (SSSR count). The molecule has 0 atom stereocenters. The third-order valence-electron chi connectivity index (χ3n) is 2.49. The van der Waals surface area contributed by atoms with Crippen molar-refractivity contribution in [2.75, 3.05) is 0 Å². The van der Waals surface area contributed by atoms with Crippen LogP contribution in [0, 0.1) is 5.82 Å². The van der Waals surface area contributed by atoms with E-state index in [1.54, 1.807) is 12.1 Å². The van der Waals surface area contributed by atoms with Crippen molar-refractivity contribution in [3.05, 3.63) is 69.9 Å². The van der Waals surface area contributed by atoms with Gasteiger partial charge in [-0.05, 0) is 33.6 Å². The number of carbonyl (C=O) groups excluding carboxylic acids is 1. The van der Waals surface area contributed by atoms with Crippen molar-refractivity contribution in [1.29, 1.82) is 0 Å². The predicted molar refractivity (Wildman–Crippen MR) is 71.7 cm³/mol. The largest absolute Gasteiger partial charge is 0.348 e. The van der Waals surface area contributed by atoms with Gasteiger partial charge in [0.1, 0.15) is 5.82 Å². The fourth-order valence-electron chi connectivity index (χ4n) is 1.58. The molecule has 0 fully saturated rings. The molecule has 18 heavy (non-hydrogen) atoms. The molecule has 0 unspecified atom stereocenters. The van der Waals surface area contributed by atoms with Gasteiger partial charge < -0.3 is 5.32 Å². The lowest BCUT2D eigenvalue weighted by atomic mass is 10.2. The number of nitrogens with one attached hydrogen (secondary N) is 1. The van der Waals surface area contributed by atoms with Gasteiger partial charge in [-0.2, -0.15) is 0 Å². The summed E-state index contributed by atoms with van der Waals surface area (Å²) in [6.45, 7) is 0.375. The van der Waals surface area contributed by atoms with Crippen molar-refractivity contribution in [1.82, 2.24) is 5.32 Å². The fraction of sp³-hybridized carbons (Fsp3) is 0.0714. The first-order valence-electron chi connectivity index (χ1n) is 5.44. The van der Waals surface area contributed by atoms with Crippen molar-refractivity contribution < 1.29 is 9.18 Å². The Bertz CT molecular complexity index is 537. The Morgan fingerprint density at radius 1 is 1.11 bits per heavy atom. The van der Waals surface area contributed by atoms with Crippen LogP contribution in [0.25, 0.3) is 0 Å². The number of carbonyl (C=O) groups is 1. The van der Waals surface area contributed by atoms with E-state index in [1.807, 2.05) is 30.3 Å². The van der Waals surface area contributed by atoms with E-state index in [-0.39, 0.29) is 5.56 Å². The Hall–Kier alpha value is -1.68. The van der Waals surface area contributed by atoms with Gasteiger partial charge in [-0.3, -0.25) is 4.79 Å². The lowest BCUT2D eigenvalue weighted by Crippen LogP contribution is -2.24. The predicted octanol–water partition coefficient (Wildman–Crippen LogP) is 3.52. The number of benzene rings is 2. The van der Waals surface area contributed by atoms with Gasteiger partial charge in [0.2, 0.25) is 0 Å². The van der Waals surface area contributed by atoms with E-state index >= 15 is 0 Å². The Morgan fingerprint density at radius 3 is 2.50 bits per heavy atom. The average molecular weight is 308 g/mol. The summed E-state index contributed by atoms with van der Waals surface area (Å²) in [6.07, 6.45) is 0. The second-order valence-corrected chi connectivity index (χ2v) is 4.62. The van der Waals surface area contributed by atoms with E-state index in [2.05, 4.69) is 21.2 Å². The molecule has 0 saturated heterocycles. The molecule has 0 aliphatic carbocycles. The van der Waals surface area contributed by atoms with Crippen LogP contribution in [-0.2, 0) is 6.54 Å². The average Bonchev–Trinajstić information content (AvgIpc) is 2.37. The Kier molecular flexibility index (Phi) is 4.10. The van der Waals surface area contributed by atoms with Crippen molar-refractivity contribution in [2.45, 2.75) is 6.54 Å². The molecule has 0 aliphatic rings. The smallest absolute Gasteiger partial charge is 0.255 e. The highest BCUT2D eigenvalue weighted by atomic mass is 79.9. The molecule has 1 N–H and O–H groups in total. The summed E-state index contributed by atoms with van der Waals surface area (Å²) in [6, 6.07) is 13.9. The minimum Gasteiger partial charge on any atom is -0.348 e. The number of amides is 1. The van der Waals surface area contributed by atoms with Crippen LogP contribution in [-0.4, -0.2) is 5.91 Å². The molecule has 2 aromatic rings. The number of hydrogen-bond acceptors (Lipinski definition) is 1. The summed E-state index contributed by atoms with van der Waals surface area (Å²) in [4.78, 5) is 11.9. The summed E-state index contributed by atoms with van der Waals surface area (Å²) in [5, 5.41) is 2.69. The van der Waals surface area contributed by atoms with Gasteiger partial charge in [0.25, 0.3) is 5.91 Å². The minimum absolute atomic E-state index is 0.0356. The van der Waals surface area contributed by atoms with Crippen LogP contribution in [0.2, 0.25) is 0 Å². The number of rotatable bonds is 3. The molecule has 0 saturated carbocycles. The zero-order valence-corrected chi connectivity index (χ0v) is 11.1. The van der Waals surface area contributed by atoms with E-state index in [1.165, 1.54) is 6.07 Å². The summed E-state index contributed by atoms with van der Waals surface area (Å²) in [7, 11) is 0. The first kappa shape index (κ1) is 12.8. The van der Waals surface area contributed by atoms with Gasteiger partial charge in [0, 0.05) is 11.0 Å². The minimum atomic E-state index is -0.532. The summed E-state index contributed by atoms with van der Waals surface area (Å²) < 4.78 is 14.0. The van der Waals surface area contributed by atoms with E-state index in [0.29, 0.717) is 11.0 Å². The van der Waals surface area contributed by atoms with Crippen molar-refractivity contribution in [3.8, 4) is 0 Å². The third-order valence-corrected chi connectivity index (χ3v) is 3.15. The van der Waals surface area contributed by atoms with E-state index in [4.69, 9.17) is 0 Å². The van der Waals surface area contributed by atoms with Gasteiger partial charge in [-0.15, -0.1) is 0 Å². The molecule has 2 nitrogen and oxygen atoms in total. The fourth-order valence-corrected chi connectivity index (χ4v) is 2.10. The van der Waals surface area contributed by atoms with Crippen LogP contribution in [0.5, 0.6) is 0 Å². The lowest BCUT2D eigenvalue weighted by molar-refractivity contribution is 0.0946. The lowest BCUT2D eigenvalue weighted by Gasteiger charge is -2.07. The van der Waals surface area contributed by atoms with Crippen LogP contribution in [0.1, 0.15) is 15.9 Å². The molecule has 0 heterocycles. The number of hydrogen-bond donors (Lipinski definition) is 1. The topological polar surface area (TPSA) is 29.1 Å². The van der Waals surface area contributed by atoms with Crippen molar-refractivity contribution in [3.63, 3.8) is 0 Å². The molecule has 2 aromatic carbocycles. The highest BCUT2D eigenvalue weighted by Gasteiger charge is 2.14. The highest BCUT2D eigenvalue weighted by Crippen LogP contribution is 2.19. The standard InChI is InChI=1S/C14H11BrFNO/c15-11-7-4-8-12(16)13(11)14(18)17-9-10-5-2-1-3-6-10/h1-8H,9H2,(H,17,18). The van der Waals surface area contributed by atoms with Crippen molar-refractivity contribution >= 4 is 21.8 Å². The van der Waals surface area contributed by atoms with E-state index < -0.39 is 11.7 Å². The van der Waals surface area contributed by atoms with Gasteiger partial charge in [-0.25, -0.2) is 4.39 Å². The van der Waals surface area contributed by atoms with Crippen LogP contribution in [0.4, 0.5) is 4.39 Å². The monoisotopic (exact) mass is 307 g/mol. The Labute approximate surface area is 113 Å². The first-order chi connectivity index (χ1) is 8.68. The van der Waals surface area contributed by atoms with Gasteiger partial charge in [0.15, 0.2) is 0 Å². The van der Waals surface area contributed by atoms with Crippen molar-refractivity contribution in [2.24, 2.45) is 0 Å². The zero-order valence-electron chi connectivity index (χ0n) is 9.49. The Balaban J connectivity index is 2.09. The number of halogens is 2. The van der Waals surface area contributed by atoms with Crippen LogP contribution >= 0.6 is 15.9 Å². The maximum absolute atomic E-state index is 13.5. The first-order valence-corrected chi connectivity index (χ1v) is 6.24. The molecule has 4 heteroatoms. The molecular weight excluding hydrogens is 297 g/mol. The summed E-state index contributed by atoms with van der Waals surface area (Å²) in [5.41, 5.74) is 1.01. The second-order valence-electron chi connectivity index (χ2n) is 3.76. The highest BCUT2D eigenvalue weighted by molar-refractivity contribution is 9.10. The summed E-state index contributed by atoms with van der Waals surface area (Å²) >= 11 is 3.17. The molecule has 1 amide bonds. The molecule has 0 spiro atoms. The molecule has 0 aliphatic heterocycles. The maximum atomic E-state index is 13.5. The maximum Gasteiger partial charge on any atom is 0.255 e. The van der Waals surface area contributed by atoms with Crippen LogP contribution in [0.3, 0.4) is 0 Å². The third kappa shape index (κ3) is 2.96. The quantitative estimate of drug-likeness (QED) is 0.923. The molecule has 92 valence electrons. The van der Waals surface area contributed by atoms with Crippen LogP contribution < -0.4 is 5.32 Å². The second kappa shape index (κ2) is 5.78. The van der Waals surface area contributed by atoms with Gasteiger partial charge in [-0.1, -0.05) is 36.4 Å². The summed E-state index contributed by atoms with van der Waals surface area (Å²) in [5.74, 6) is -0.959. The van der Waals surface area contributed by atoms with Gasteiger partial charge in [0.05, 0.1) is 5.56 Å². The Morgan fingerprint density at radius 2 is 1.83 bits per heavy atom. The normalized spacial score (nSPS) is 10.1. The molecule has 0 bridgehead atoms. The molecular formula is C14H11BrFNO. The SMILES string of the molecule is O=C(NCc1ccccc1)c1c(F)cccc1Br. The zero-order chi connectivity index (χ0) is 13.0. The van der Waals surface area contributed by atoms with E-state index in [9.17, 15) is 9.18 Å². The van der Waals surface area contributed by atoms with Gasteiger partial charge >= 0.3 is 0 Å².